The summed E-state index contributed by atoms with van der Waals surface area (Å²) in [4.78, 5) is 0. The Labute approximate surface area is 123 Å². The number of nitrogens with zero attached hydrogens (tertiary/aromatic N) is 1. The van der Waals surface area contributed by atoms with E-state index in [4.69, 9.17) is 0 Å². The molecule has 20 heavy (non-hydrogen) atoms. The van der Waals surface area contributed by atoms with Crippen LogP contribution in [0, 0.1) is 11.8 Å². The Morgan fingerprint density at radius 3 is 2.50 bits per heavy atom. The molecule has 1 aliphatic carbocycles. The predicted molar refractivity (Wildman–Crippen MR) is 81.1 cm³/mol. The lowest BCUT2D eigenvalue weighted by Crippen LogP contribution is -2.44. The fourth-order valence-electron chi connectivity index (χ4n) is 4.38. The topological polar surface area (TPSA) is 49.4 Å². The van der Waals surface area contributed by atoms with Gasteiger partial charge < -0.3 is 5.32 Å². The molecule has 0 radical (unpaired) electrons. The number of nitrogens with one attached hydrogen (secondary N) is 1. The van der Waals surface area contributed by atoms with Crippen molar-refractivity contribution in [2.75, 3.05) is 25.4 Å². The summed E-state index contributed by atoms with van der Waals surface area (Å²) in [5.74, 6) is 1.32. The zero-order valence-corrected chi connectivity index (χ0v) is 13.2. The highest BCUT2D eigenvalue weighted by molar-refractivity contribution is 7.89. The summed E-state index contributed by atoms with van der Waals surface area (Å²) in [6.45, 7) is 2.69. The van der Waals surface area contributed by atoms with E-state index in [-0.39, 0.29) is 0 Å². The van der Waals surface area contributed by atoms with E-state index in [0.717, 1.165) is 45.3 Å². The fourth-order valence-corrected chi connectivity index (χ4v) is 6.55. The summed E-state index contributed by atoms with van der Waals surface area (Å²) in [5.41, 5.74) is 0. The second kappa shape index (κ2) is 6.32. The second-order valence-corrected chi connectivity index (χ2v) is 8.82. The lowest BCUT2D eigenvalue weighted by Gasteiger charge is -2.31. The highest BCUT2D eigenvalue weighted by Crippen LogP contribution is 2.37. The molecule has 3 rings (SSSR count). The molecule has 2 aliphatic heterocycles. The summed E-state index contributed by atoms with van der Waals surface area (Å²) >= 11 is 0. The Kier molecular flexibility index (Phi) is 4.68. The minimum Gasteiger partial charge on any atom is -0.316 e. The third kappa shape index (κ3) is 3.20. The van der Waals surface area contributed by atoms with Gasteiger partial charge in [0.15, 0.2) is 0 Å². The van der Waals surface area contributed by atoms with Crippen LogP contribution in [-0.4, -0.2) is 44.2 Å². The van der Waals surface area contributed by atoms with Crippen LogP contribution in [0.1, 0.15) is 51.4 Å². The Hall–Kier alpha value is -0.130. The van der Waals surface area contributed by atoms with Crippen LogP contribution in [0.4, 0.5) is 0 Å². The van der Waals surface area contributed by atoms with Crippen molar-refractivity contribution in [1.29, 1.82) is 0 Å². The van der Waals surface area contributed by atoms with E-state index in [1.165, 1.54) is 25.7 Å². The van der Waals surface area contributed by atoms with Gasteiger partial charge in [-0.1, -0.05) is 12.8 Å². The fraction of sp³-hybridized carbons (Fsp3) is 1.00. The number of piperidine rings is 1. The van der Waals surface area contributed by atoms with Gasteiger partial charge in [0.25, 0.3) is 0 Å². The maximum Gasteiger partial charge on any atom is 0.214 e. The SMILES string of the molecule is O=S(=O)(CC1CCCNC1)N1CCCC1C1CCCC1. The first-order valence-corrected chi connectivity index (χ1v) is 9.98. The highest BCUT2D eigenvalue weighted by Gasteiger charge is 2.40. The number of hydrogen-bond acceptors (Lipinski definition) is 3. The quantitative estimate of drug-likeness (QED) is 0.863. The zero-order valence-electron chi connectivity index (χ0n) is 12.4. The third-order valence-electron chi connectivity index (χ3n) is 5.39. The van der Waals surface area contributed by atoms with E-state index in [2.05, 4.69) is 5.32 Å². The van der Waals surface area contributed by atoms with E-state index < -0.39 is 10.0 Å². The van der Waals surface area contributed by atoms with Crippen molar-refractivity contribution < 1.29 is 8.42 Å². The minimum atomic E-state index is -3.05. The van der Waals surface area contributed by atoms with E-state index in [9.17, 15) is 8.42 Å². The van der Waals surface area contributed by atoms with Gasteiger partial charge in [0.2, 0.25) is 10.0 Å². The molecule has 116 valence electrons. The van der Waals surface area contributed by atoms with E-state index >= 15 is 0 Å². The Morgan fingerprint density at radius 2 is 1.80 bits per heavy atom. The van der Waals surface area contributed by atoms with Crippen LogP contribution in [0.5, 0.6) is 0 Å². The number of rotatable bonds is 4. The Bertz CT molecular complexity index is 412. The second-order valence-electron chi connectivity index (χ2n) is 6.86. The van der Waals surface area contributed by atoms with Gasteiger partial charge in [-0.2, -0.15) is 4.31 Å². The molecule has 4 nitrogen and oxygen atoms in total. The lowest BCUT2D eigenvalue weighted by atomic mass is 9.97. The average Bonchev–Trinajstić information content (AvgIpc) is 3.10. The first-order chi connectivity index (χ1) is 9.67. The molecule has 0 bridgehead atoms. The summed E-state index contributed by atoms with van der Waals surface area (Å²) in [7, 11) is -3.05. The Morgan fingerprint density at radius 1 is 1.00 bits per heavy atom. The molecule has 1 N–H and O–H groups in total. The van der Waals surface area contributed by atoms with E-state index in [1.54, 1.807) is 0 Å². The van der Waals surface area contributed by atoms with Gasteiger partial charge in [0.1, 0.15) is 0 Å². The van der Waals surface area contributed by atoms with Gasteiger partial charge in [0.05, 0.1) is 5.75 Å². The molecule has 5 heteroatoms. The molecule has 0 aromatic rings. The predicted octanol–water partition coefficient (Wildman–Crippen LogP) is 1.97. The van der Waals surface area contributed by atoms with Crippen LogP contribution in [-0.2, 0) is 10.0 Å². The van der Waals surface area contributed by atoms with Crippen LogP contribution in [0.15, 0.2) is 0 Å². The molecular formula is C15H28N2O2S. The first-order valence-electron chi connectivity index (χ1n) is 8.37. The third-order valence-corrected chi connectivity index (χ3v) is 7.46. The standard InChI is InChI=1S/C15H28N2O2S/c18-20(19,12-13-5-3-9-16-11-13)17-10-4-8-15(17)14-6-1-2-7-14/h13-16H,1-12H2. The smallest absolute Gasteiger partial charge is 0.214 e. The van der Waals surface area contributed by atoms with Gasteiger partial charge in [-0.25, -0.2) is 8.42 Å². The minimum absolute atomic E-state index is 0.318. The summed E-state index contributed by atoms with van der Waals surface area (Å²) in [5, 5.41) is 3.33. The first kappa shape index (κ1) is 14.8. The summed E-state index contributed by atoms with van der Waals surface area (Å²) in [6, 6.07) is 0.319. The molecular weight excluding hydrogens is 272 g/mol. The van der Waals surface area contributed by atoms with Crippen LogP contribution in [0.2, 0.25) is 0 Å². The normalized spacial score (nSPS) is 33.8. The highest BCUT2D eigenvalue weighted by atomic mass is 32.2. The molecule has 0 amide bonds. The van der Waals surface area contributed by atoms with Gasteiger partial charge in [0, 0.05) is 12.6 Å². The van der Waals surface area contributed by atoms with Crippen molar-refractivity contribution in [3.8, 4) is 0 Å². The van der Waals surface area contributed by atoms with Crippen LogP contribution in [0.25, 0.3) is 0 Å². The van der Waals surface area contributed by atoms with Crippen molar-refractivity contribution in [3.63, 3.8) is 0 Å². The monoisotopic (exact) mass is 300 g/mol. The molecule has 2 unspecified atom stereocenters. The molecule has 0 aromatic heterocycles. The van der Waals surface area contributed by atoms with Gasteiger partial charge in [-0.05, 0) is 63.5 Å². The van der Waals surface area contributed by atoms with E-state index in [0.29, 0.717) is 23.6 Å². The van der Waals surface area contributed by atoms with Gasteiger partial charge in [-0.15, -0.1) is 0 Å². The van der Waals surface area contributed by atoms with Crippen molar-refractivity contribution in [3.05, 3.63) is 0 Å². The molecule has 2 atom stereocenters. The van der Waals surface area contributed by atoms with Crippen molar-refractivity contribution >= 4 is 10.0 Å². The molecule has 0 aromatic carbocycles. The maximum absolute atomic E-state index is 12.8. The molecule has 0 spiro atoms. The molecule has 1 saturated carbocycles. The molecule has 3 aliphatic rings. The van der Waals surface area contributed by atoms with Crippen LogP contribution in [0.3, 0.4) is 0 Å². The molecule has 3 fully saturated rings. The maximum atomic E-state index is 12.8. The number of hydrogen-bond donors (Lipinski definition) is 1. The van der Waals surface area contributed by atoms with E-state index in [1.807, 2.05) is 4.31 Å². The average molecular weight is 300 g/mol. The summed E-state index contributed by atoms with van der Waals surface area (Å²) in [6.07, 6.45) is 9.39. The van der Waals surface area contributed by atoms with Gasteiger partial charge in [-0.3, -0.25) is 0 Å². The van der Waals surface area contributed by atoms with Crippen LogP contribution >= 0.6 is 0 Å². The Balaban J connectivity index is 1.65. The lowest BCUT2D eigenvalue weighted by molar-refractivity contribution is 0.284. The van der Waals surface area contributed by atoms with Crippen molar-refractivity contribution in [2.24, 2.45) is 11.8 Å². The molecule has 2 saturated heterocycles. The number of sulfonamides is 1. The van der Waals surface area contributed by atoms with Crippen molar-refractivity contribution in [2.45, 2.75) is 57.4 Å². The van der Waals surface area contributed by atoms with Crippen molar-refractivity contribution in [1.82, 2.24) is 9.62 Å². The zero-order chi connectivity index (χ0) is 14.0. The largest absolute Gasteiger partial charge is 0.316 e. The summed E-state index contributed by atoms with van der Waals surface area (Å²) < 4.78 is 27.4. The van der Waals surface area contributed by atoms with Crippen LogP contribution < -0.4 is 5.32 Å². The van der Waals surface area contributed by atoms with Gasteiger partial charge >= 0.3 is 0 Å². The molecule has 2 heterocycles.